The number of fused-ring (bicyclic) bond motifs is 1. The predicted octanol–water partition coefficient (Wildman–Crippen LogP) is 0.622. The number of hydrogen-bond donors (Lipinski definition) is 1. The molecule has 19 heavy (non-hydrogen) atoms. The molecular formula is C12H16ClN5O. The summed E-state index contributed by atoms with van der Waals surface area (Å²) in [6.45, 7) is 3.42. The number of nitrogens with zero attached hydrogens (tertiary/aromatic N) is 4. The van der Waals surface area contributed by atoms with E-state index in [1.165, 1.54) is 0 Å². The Balaban J connectivity index is 1.66. The Bertz CT molecular complexity index is 641. The molecule has 0 spiro atoms. The molecule has 3 heterocycles. The van der Waals surface area contributed by atoms with Gasteiger partial charge in [0.1, 0.15) is 0 Å². The minimum Gasteiger partial charge on any atom is -0.295 e. The van der Waals surface area contributed by atoms with Gasteiger partial charge < -0.3 is 0 Å². The van der Waals surface area contributed by atoms with E-state index in [0.717, 1.165) is 43.9 Å². The molecule has 102 valence electrons. The smallest absolute Gasteiger partial charge is 0.267 e. The summed E-state index contributed by atoms with van der Waals surface area (Å²) in [7, 11) is 1.89. The van der Waals surface area contributed by atoms with Crippen LogP contribution in [0.2, 0.25) is 5.02 Å². The molecule has 0 fully saturated rings. The van der Waals surface area contributed by atoms with Crippen molar-refractivity contribution in [3.05, 3.63) is 39.0 Å². The summed E-state index contributed by atoms with van der Waals surface area (Å²) in [5, 5.41) is 7.64. The molecule has 0 unspecified atom stereocenters. The Morgan fingerprint density at radius 2 is 2.32 bits per heavy atom. The van der Waals surface area contributed by atoms with Crippen LogP contribution in [0.5, 0.6) is 0 Å². The Morgan fingerprint density at radius 3 is 3.05 bits per heavy atom. The molecule has 1 aliphatic heterocycles. The quantitative estimate of drug-likeness (QED) is 0.897. The maximum absolute atomic E-state index is 11.6. The van der Waals surface area contributed by atoms with Crippen molar-refractivity contribution in [2.75, 3.05) is 13.1 Å². The summed E-state index contributed by atoms with van der Waals surface area (Å²) in [6.07, 6.45) is 4.28. The van der Waals surface area contributed by atoms with Gasteiger partial charge in [0.05, 0.1) is 23.5 Å². The average Bonchev–Trinajstić information content (AvgIpc) is 2.92. The summed E-state index contributed by atoms with van der Waals surface area (Å²) in [4.78, 5) is 14.0. The van der Waals surface area contributed by atoms with Gasteiger partial charge in [-0.3, -0.25) is 24.2 Å². The molecule has 0 aliphatic carbocycles. The number of aromatic amines is 1. The van der Waals surface area contributed by atoms with Crippen LogP contribution in [0.4, 0.5) is 0 Å². The van der Waals surface area contributed by atoms with E-state index in [-0.39, 0.29) is 5.56 Å². The van der Waals surface area contributed by atoms with Crippen molar-refractivity contribution in [2.24, 2.45) is 7.05 Å². The maximum Gasteiger partial charge on any atom is 0.267 e. The second kappa shape index (κ2) is 4.86. The summed E-state index contributed by atoms with van der Waals surface area (Å²) < 4.78 is 3.67. The Labute approximate surface area is 115 Å². The minimum absolute atomic E-state index is 0.0519. The largest absolute Gasteiger partial charge is 0.295 e. The van der Waals surface area contributed by atoms with E-state index in [4.69, 9.17) is 11.6 Å². The highest BCUT2D eigenvalue weighted by Crippen LogP contribution is 2.14. The molecule has 0 radical (unpaired) electrons. The standard InChI is InChI=1S/C12H16ClN5O/c1-16-11-8-17(3-2-10(11)12(19)15-16)4-5-18-7-9(13)6-14-18/h6-7H,2-5,8H2,1H3,(H,15,19). The monoisotopic (exact) mass is 281 g/mol. The van der Waals surface area contributed by atoms with Gasteiger partial charge in [0.15, 0.2) is 0 Å². The number of aromatic nitrogens is 4. The number of aryl methyl sites for hydroxylation is 1. The first-order valence-electron chi connectivity index (χ1n) is 6.30. The van der Waals surface area contributed by atoms with E-state index in [1.54, 1.807) is 6.20 Å². The fourth-order valence-electron chi connectivity index (χ4n) is 2.54. The number of nitrogens with one attached hydrogen (secondary N) is 1. The van der Waals surface area contributed by atoms with Gasteiger partial charge in [-0.25, -0.2) is 0 Å². The molecule has 0 saturated heterocycles. The lowest BCUT2D eigenvalue weighted by Crippen LogP contribution is -2.34. The minimum atomic E-state index is 0.0519. The van der Waals surface area contributed by atoms with Crippen LogP contribution in [0.15, 0.2) is 17.2 Å². The molecule has 1 aliphatic rings. The molecular weight excluding hydrogens is 266 g/mol. The van der Waals surface area contributed by atoms with Crippen molar-refractivity contribution in [1.29, 1.82) is 0 Å². The van der Waals surface area contributed by atoms with Crippen LogP contribution in [0.25, 0.3) is 0 Å². The molecule has 0 aromatic carbocycles. The number of halogens is 1. The highest BCUT2D eigenvalue weighted by atomic mass is 35.5. The molecule has 2 aromatic rings. The number of hydrogen-bond acceptors (Lipinski definition) is 3. The van der Waals surface area contributed by atoms with Gasteiger partial charge in [0, 0.05) is 38.4 Å². The second-order valence-corrected chi connectivity index (χ2v) is 5.31. The fourth-order valence-corrected chi connectivity index (χ4v) is 2.69. The molecule has 6 nitrogen and oxygen atoms in total. The Morgan fingerprint density at radius 1 is 1.47 bits per heavy atom. The molecule has 0 saturated carbocycles. The summed E-state index contributed by atoms with van der Waals surface area (Å²) >= 11 is 5.83. The van der Waals surface area contributed by atoms with Crippen molar-refractivity contribution >= 4 is 11.6 Å². The van der Waals surface area contributed by atoms with Crippen LogP contribution in [-0.2, 0) is 26.6 Å². The van der Waals surface area contributed by atoms with Gasteiger partial charge in [-0.1, -0.05) is 11.6 Å². The van der Waals surface area contributed by atoms with E-state index in [0.29, 0.717) is 5.02 Å². The van der Waals surface area contributed by atoms with Crippen molar-refractivity contribution in [3.63, 3.8) is 0 Å². The van der Waals surface area contributed by atoms with E-state index in [1.807, 2.05) is 22.6 Å². The van der Waals surface area contributed by atoms with Crippen LogP contribution in [0, 0.1) is 0 Å². The first-order valence-corrected chi connectivity index (χ1v) is 6.68. The van der Waals surface area contributed by atoms with Gasteiger partial charge in [0.25, 0.3) is 5.56 Å². The van der Waals surface area contributed by atoms with Crippen molar-refractivity contribution < 1.29 is 0 Å². The van der Waals surface area contributed by atoms with Crippen LogP contribution in [-0.4, -0.2) is 37.6 Å². The highest BCUT2D eigenvalue weighted by molar-refractivity contribution is 6.30. The van der Waals surface area contributed by atoms with Crippen molar-refractivity contribution in [2.45, 2.75) is 19.5 Å². The summed E-state index contributed by atoms with van der Waals surface area (Å²) in [5.41, 5.74) is 2.08. The third-order valence-corrected chi connectivity index (χ3v) is 3.79. The first-order chi connectivity index (χ1) is 9.13. The van der Waals surface area contributed by atoms with Gasteiger partial charge >= 0.3 is 0 Å². The zero-order valence-electron chi connectivity index (χ0n) is 10.8. The van der Waals surface area contributed by atoms with E-state index in [9.17, 15) is 4.79 Å². The average molecular weight is 282 g/mol. The predicted molar refractivity (Wildman–Crippen MR) is 72.3 cm³/mol. The van der Waals surface area contributed by atoms with Gasteiger partial charge in [0.2, 0.25) is 0 Å². The third kappa shape index (κ3) is 2.46. The number of H-pyrrole nitrogens is 1. The van der Waals surface area contributed by atoms with E-state index < -0.39 is 0 Å². The lowest BCUT2D eigenvalue weighted by Gasteiger charge is -2.26. The molecule has 0 amide bonds. The summed E-state index contributed by atoms with van der Waals surface area (Å²) in [6, 6.07) is 0. The zero-order valence-corrected chi connectivity index (χ0v) is 11.5. The molecule has 7 heteroatoms. The Kier molecular flexibility index (Phi) is 3.20. The molecule has 3 rings (SSSR count). The first kappa shape index (κ1) is 12.5. The summed E-state index contributed by atoms with van der Waals surface area (Å²) in [5.74, 6) is 0. The molecule has 2 aromatic heterocycles. The second-order valence-electron chi connectivity index (χ2n) is 4.87. The van der Waals surface area contributed by atoms with Crippen LogP contribution >= 0.6 is 11.6 Å². The highest BCUT2D eigenvalue weighted by Gasteiger charge is 2.21. The SMILES string of the molecule is Cn1[nH]c(=O)c2c1CN(CCn1cc(Cl)cn1)CC2. The van der Waals surface area contributed by atoms with Crippen LogP contribution in [0.1, 0.15) is 11.3 Å². The normalized spacial score (nSPS) is 15.7. The van der Waals surface area contributed by atoms with Crippen molar-refractivity contribution in [3.8, 4) is 0 Å². The Hall–Kier alpha value is -1.53. The maximum atomic E-state index is 11.6. The van der Waals surface area contributed by atoms with Crippen LogP contribution in [0.3, 0.4) is 0 Å². The van der Waals surface area contributed by atoms with E-state index in [2.05, 4.69) is 15.1 Å². The topological polar surface area (TPSA) is 58.9 Å². The van der Waals surface area contributed by atoms with Crippen LogP contribution < -0.4 is 5.56 Å². The van der Waals surface area contributed by atoms with Gasteiger partial charge in [-0.15, -0.1) is 0 Å². The molecule has 0 bridgehead atoms. The third-order valence-electron chi connectivity index (χ3n) is 3.60. The fraction of sp³-hybridized carbons (Fsp3) is 0.500. The lowest BCUT2D eigenvalue weighted by molar-refractivity contribution is 0.233. The van der Waals surface area contributed by atoms with Crippen molar-refractivity contribution in [1.82, 2.24) is 24.5 Å². The molecule has 1 N–H and O–H groups in total. The van der Waals surface area contributed by atoms with Gasteiger partial charge in [-0.05, 0) is 6.42 Å². The lowest BCUT2D eigenvalue weighted by atomic mass is 10.1. The molecule has 0 atom stereocenters. The number of rotatable bonds is 3. The zero-order chi connectivity index (χ0) is 13.4. The van der Waals surface area contributed by atoms with E-state index >= 15 is 0 Å². The van der Waals surface area contributed by atoms with Gasteiger partial charge in [-0.2, -0.15) is 5.10 Å².